The molecular weight excluding hydrogens is 250 g/mol. The molecule has 2 rings (SSSR count). The third kappa shape index (κ3) is 2.61. The van der Waals surface area contributed by atoms with Gasteiger partial charge in [0, 0.05) is 12.8 Å². The summed E-state index contributed by atoms with van der Waals surface area (Å²) in [6.45, 7) is 3.63. The zero-order chi connectivity index (χ0) is 13.3. The lowest BCUT2D eigenvalue weighted by Gasteiger charge is -2.24. The van der Waals surface area contributed by atoms with Gasteiger partial charge >= 0.3 is 5.97 Å². The largest absolute Gasteiger partial charge is 0.476 e. The van der Waals surface area contributed by atoms with Crippen LogP contribution < -0.4 is 0 Å². The van der Waals surface area contributed by atoms with Crippen LogP contribution in [0.15, 0.2) is 0 Å². The minimum atomic E-state index is -1.10. The van der Waals surface area contributed by atoms with Gasteiger partial charge in [-0.1, -0.05) is 19.8 Å². The molecule has 0 unspecified atom stereocenters. The van der Waals surface area contributed by atoms with Crippen molar-refractivity contribution in [1.29, 1.82) is 0 Å². The lowest BCUT2D eigenvalue weighted by Crippen LogP contribution is -2.11. The Bertz CT molecular complexity index is 441. The number of Topliss-reactive ketones (excluding diaryl/α,β-unsaturated/α-hetero) is 1. The summed E-state index contributed by atoms with van der Waals surface area (Å²) in [5.41, 5.74) is -0.0684. The zero-order valence-electron chi connectivity index (χ0n) is 10.6. The summed E-state index contributed by atoms with van der Waals surface area (Å²) in [6.07, 6.45) is 4.40. The molecule has 1 N–H and O–H groups in total. The number of hydrogen-bond acceptors (Lipinski definition) is 4. The van der Waals surface area contributed by atoms with Gasteiger partial charge in [0.15, 0.2) is 11.5 Å². The topological polar surface area (TPSA) is 67.3 Å². The van der Waals surface area contributed by atoms with Crippen LogP contribution in [-0.2, 0) is 0 Å². The van der Waals surface area contributed by atoms with Crippen molar-refractivity contribution in [3.8, 4) is 0 Å². The molecule has 0 amide bonds. The monoisotopic (exact) mass is 267 g/mol. The van der Waals surface area contributed by atoms with Crippen molar-refractivity contribution in [2.75, 3.05) is 0 Å². The molecule has 1 aliphatic rings. The predicted molar refractivity (Wildman–Crippen MR) is 69.5 cm³/mol. The van der Waals surface area contributed by atoms with Gasteiger partial charge < -0.3 is 5.11 Å². The minimum absolute atomic E-state index is 0.0684. The smallest absolute Gasteiger partial charge is 0.356 e. The van der Waals surface area contributed by atoms with Crippen LogP contribution in [0.2, 0.25) is 0 Å². The van der Waals surface area contributed by atoms with Crippen LogP contribution in [-0.4, -0.2) is 21.8 Å². The number of carboxylic acids is 1. The maximum absolute atomic E-state index is 11.4. The fourth-order valence-corrected chi connectivity index (χ4v) is 3.52. The quantitative estimate of drug-likeness (QED) is 0.853. The van der Waals surface area contributed by atoms with Crippen molar-refractivity contribution in [3.05, 3.63) is 15.6 Å². The molecular formula is C13H17NO3S. The van der Waals surface area contributed by atoms with Gasteiger partial charge in [-0.05, 0) is 18.8 Å². The first-order chi connectivity index (χ1) is 8.49. The molecule has 1 fully saturated rings. The van der Waals surface area contributed by atoms with E-state index in [0.29, 0.717) is 5.92 Å². The first-order valence-corrected chi connectivity index (χ1v) is 7.05. The summed E-state index contributed by atoms with van der Waals surface area (Å²) in [6, 6.07) is 0. The summed E-state index contributed by atoms with van der Waals surface area (Å²) >= 11 is 1.26. The fraction of sp³-hybridized carbons (Fsp3) is 0.615. The van der Waals surface area contributed by atoms with E-state index >= 15 is 0 Å². The van der Waals surface area contributed by atoms with Gasteiger partial charge in [0.1, 0.15) is 4.88 Å². The van der Waals surface area contributed by atoms with Gasteiger partial charge in [0.2, 0.25) is 0 Å². The van der Waals surface area contributed by atoms with E-state index in [-0.39, 0.29) is 16.4 Å². The Balaban J connectivity index is 2.26. The normalized spacial score (nSPS) is 23.9. The summed E-state index contributed by atoms with van der Waals surface area (Å²) in [5.74, 6) is -0.239. The van der Waals surface area contributed by atoms with E-state index in [1.54, 1.807) is 0 Å². The third-order valence-electron chi connectivity index (χ3n) is 3.53. The van der Waals surface area contributed by atoms with E-state index in [4.69, 9.17) is 5.11 Å². The lowest BCUT2D eigenvalue weighted by molar-refractivity contribution is 0.0686. The summed E-state index contributed by atoms with van der Waals surface area (Å²) in [5, 5.41) is 9.88. The first-order valence-electron chi connectivity index (χ1n) is 6.24. The van der Waals surface area contributed by atoms with Crippen LogP contribution in [0.25, 0.3) is 0 Å². The summed E-state index contributed by atoms with van der Waals surface area (Å²) in [7, 11) is 0. The highest BCUT2D eigenvalue weighted by molar-refractivity contribution is 7.14. The molecule has 0 aromatic carbocycles. The van der Waals surface area contributed by atoms with Crippen molar-refractivity contribution in [2.24, 2.45) is 5.92 Å². The second kappa shape index (κ2) is 5.18. The Hall–Kier alpha value is -1.23. The maximum atomic E-state index is 11.4. The van der Waals surface area contributed by atoms with Crippen LogP contribution in [0.5, 0.6) is 0 Å². The van der Waals surface area contributed by atoms with Crippen LogP contribution in [0.4, 0.5) is 0 Å². The average molecular weight is 267 g/mol. The molecule has 1 aliphatic carbocycles. The Morgan fingerprint density at radius 2 is 1.89 bits per heavy atom. The molecule has 5 heteroatoms. The fourth-order valence-electron chi connectivity index (χ4n) is 2.40. The number of aromatic carboxylic acids is 1. The van der Waals surface area contributed by atoms with Gasteiger partial charge in [-0.15, -0.1) is 11.3 Å². The summed E-state index contributed by atoms with van der Waals surface area (Å²) in [4.78, 5) is 27.0. The van der Waals surface area contributed by atoms with Crippen LogP contribution in [0, 0.1) is 5.92 Å². The number of rotatable bonds is 3. The number of carboxylic acid groups (broad SMARTS) is 1. The molecule has 0 bridgehead atoms. The number of ketones is 1. The van der Waals surface area contributed by atoms with Gasteiger partial charge in [-0.3, -0.25) is 4.79 Å². The van der Waals surface area contributed by atoms with Crippen molar-refractivity contribution in [1.82, 2.24) is 4.98 Å². The molecule has 1 saturated carbocycles. The second-order valence-corrected chi connectivity index (χ2v) is 6.08. The average Bonchev–Trinajstić information content (AvgIpc) is 2.75. The molecule has 1 aromatic rings. The molecule has 0 aliphatic heterocycles. The highest BCUT2D eigenvalue weighted by Crippen LogP contribution is 2.38. The molecule has 1 heterocycles. The molecule has 0 saturated heterocycles. The van der Waals surface area contributed by atoms with Gasteiger partial charge in [0.25, 0.3) is 0 Å². The molecule has 1 aromatic heterocycles. The lowest BCUT2D eigenvalue weighted by atomic mass is 9.83. The standard InChI is InChI=1S/C13H17NO3S/c1-7-3-5-9(6-4-7)12-14-10(13(16)17)11(18-12)8(2)15/h7,9H,3-6H2,1-2H3,(H,16,17). The Morgan fingerprint density at radius 1 is 1.28 bits per heavy atom. The van der Waals surface area contributed by atoms with Crippen molar-refractivity contribution >= 4 is 23.1 Å². The maximum Gasteiger partial charge on any atom is 0.356 e. The van der Waals surface area contributed by atoms with E-state index in [1.165, 1.54) is 18.3 Å². The molecule has 18 heavy (non-hydrogen) atoms. The number of aromatic nitrogens is 1. The number of thiazole rings is 1. The number of nitrogens with zero attached hydrogens (tertiary/aromatic N) is 1. The van der Waals surface area contributed by atoms with Gasteiger partial charge in [-0.2, -0.15) is 0 Å². The van der Waals surface area contributed by atoms with Crippen molar-refractivity contribution in [3.63, 3.8) is 0 Å². The van der Waals surface area contributed by atoms with E-state index in [9.17, 15) is 9.59 Å². The zero-order valence-corrected chi connectivity index (χ0v) is 11.4. The van der Waals surface area contributed by atoms with E-state index < -0.39 is 5.97 Å². The molecule has 0 spiro atoms. The van der Waals surface area contributed by atoms with Gasteiger partial charge in [0.05, 0.1) is 5.01 Å². The van der Waals surface area contributed by atoms with Crippen LogP contribution in [0.1, 0.15) is 70.6 Å². The van der Waals surface area contributed by atoms with Crippen molar-refractivity contribution in [2.45, 2.75) is 45.4 Å². The SMILES string of the molecule is CC(=O)c1sc(C2CCC(C)CC2)nc1C(=O)O. The van der Waals surface area contributed by atoms with Crippen LogP contribution >= 0.6 is 11.3 Å². The Labute approximate surface area is 110 Å². The Morgan fingerprint density at radius 3 is 2.33 bits per heavy atom. The number of carbonyl (C=O) groups excluding carboxylic acids is 1. The first kappa shape index (κ1) is 13.2. The molecule has 98 valence electrons. The van der Waals surface area contributed by atoms with Crippen molar-refractivity contribution < 1.29 is 14.7 Å². The number of carbonyl (C=O) groups is 2. The van der Waals surface area contributed by atoms with E-state index in [1.807, 2.05) is 0 Å². The highest BCUT2D eigenvalue weighted by atomic mass is 32.1. The summed E-state index contributed by atoms with van der Waals surface area (Å²) < 4.78 is 0. The third-order valence-corrected chi connectivity index (χ3v) is 4.85. The van der Waals surface area contributed by atoms with Gasteiger partial charge in [-0.25, -0.2) is 9.78 Å². The predicted octanol–water partition coefficient (Wildman–Crippen LogP) is 3.34. The molecule has 0 radical (unpaired) electrons. The van der Waals surface area contributed by atoms with E-state index in [2.05, 4.69) is 11.9 Å². The van der Waals surface area contributed by atoms with E-state index in [0.717, 1.165) is 36.6 Å². The number of hydrogen-bond donors (Lipinski definition) is 1. The second-order valence-electron chi connectivity index (χ2n) is 5.05. The Kier molecular flexibility index (Phi) is 3.80. The highest BCUT2D eigenvalue weighted by Gasteiger charge is 2.27. The van der Waals surface area contributed by atoms with Crippen LogP contribution in [0.3, 0.4) is 0 Å². The minimum Gasteiger partial charge on any atom is -0.476 e. The molecule has 0 atom stereocenters. The molecule has 4 nitrogen and oxygen atoms in total.